The molecule has 0 saturated carbocycles. The summed E-state index contributed by atoms with van der Waals surface area (Å²) in [6.45, 7) is 1.97. The summed E-state index contributed by atoms with van der Waals surface area (Å²) in [7, 11) is 3.33. The fourth-order valence-corrected chi connectivity index (χ4v) is 2.54. The van der Waals surface area contributed by atoms with Crippen LogP contribution in [-0.2, 0) is 0 Å². The number of ether oxygens (including phenoxy) is 1. The van der Waals surface area contributed by atoms with E-state index >= 15 is 0 Å². The molecule has 106 valence electrons. The maximum atomic E-state index is 14.2. The van der Waals surface area contributed by atoms with Crippen LogP contribution < -0.4 is 10.1 Å². The first-order chi connectivity index (χ1) is 9.56. The number of hydrogen-bond donors (Lipinski definition) is 1. The van der Waals surface area contributed by atoms with Gasteiger partial charge in [-0.25, -0.2) is 4.39 Å². The molecule has 0 aliphatic rings. The van der Waals surface area contributed by atoms with Crippen molar-refractivity contribution >= 4 is 11.6 Å². The van der Waals surface area contributed by atoms with E-state index in [0.717, 1.165) is 11.1 Å². The van der Waals surface area contributed by atoms with Gasteiger partial charge in [-0.1, -0.05) is 23.7 Å². The molecule has 2 nitrogen and oxygen atoms in total. The number of methoxy groups -OCH3 is 1. The van der Waals surface area contributed by atoms with Gasteiger partial charge in [-0.05, 0) is 43.3 Å². The third kappa shape index (κ3) is 2.94. The second-order valence-electron chi connectivity index (χ2n) is 4.61. The van der Waals surface area contributed by atoms with Crippen molar-refractivity contribution in [2.24, 2.45) is 0 Å². The number of halogens is 2. The predicted octanol–water partition coefficient (Wildman–Crippen LogP) is 4.10. The van der Waals surface area contributed by atoms with E-state index in [1.807, 2.05) is 32.2 Å². The van der Waals surface area contributed by atoms with E-state index in [2.05, 4.69) is 5.32 Å². The molecule has 0 saturated heterocycles. The molecule has 4 heteroatoms. The van der Waals surface area contributed by atoms with E-state index in [-0.39, 0.29) is 11.9 Å². The van der Waals surface area contributed by atoms with Gasteiger partial charge in [-0.3, -0.25) is 0 Å². The Hall–Kier alpha value is -1.58. The highest BCUT2D eigenvalue weighted by Crippen LogP contribution is 2.29. The summed E-state index contributed by atoms with van der Waals surface area (Å²) in [5.41, 5.74) is 2.60. The van der Waals surface area contributed by atoms with Crippen LogP contribution in [0.1, 0.15) is 22.7 Å². The molecule has 1 unspecified atom stereocenters. The van der Waals surface area contributed by atoms with Gasteiger partial charge >= 0.3 is 0 Å². The van der Waals surface area contributed by atoms with E-state index < -0.39 is 0 Å². The first-order valence-electron chi connectivity index (χ1n) is 6.33. The van der Waals surface area contributed by atoms with Crippen molar-refractivity contribution in [3.05, 3.63) is 63.9 Å². The van der Waals surface area contributed by atoms with E-state index in [0.29, 0.717) is 16.3 Å². The molecule has 2 aromatic carbocycles. The van der Waals surface area contributed by atoms with Crippen molar-refractivity contribution in [3.8, 4) is 5.75 Å². The molecule has 0 heterocycles. The van der Waals surface area contributed by atoms with Gasteiger partial charge in [0.1, 0.15) is 11.6 Å². The monoisotopic (exact) mass is 293 g/mol. The lowest BCUT2D eigenvalue weighted by Gasteiger charge is -2.20. The van der Waals surface area contributed by atoms with Crippen molar-refractivity contribution in [1.82, 2.24) is 5.32 Å². The molecule has 0 spiro atoms. The average Bonchev–Trinajstić information content (AvgIpc) is 2.43. The zero-order valence-electron chi connectivity index (χ0n) is 11.7. The van der Waals surface area contributed by atoms with Crippen molar-refractivity contribution in [2.45, 2.75) is 13.0 Å². The van der Waals surface area contributed by atoms with Crippen molar-refractivity contribution < 1.29 is 9.13 Å². The molecule has 0 aromatic heterocycles. The molecular weight excluding hydrogens is 277 g/mol. The number of aryl methyl sites for hydroxylation is 1. The standard InChI is InChI=1S/C16H17ClFNO/c1-10-8-11(17)4-6-13(10)16(19-2)14-7-5-12(20-3)9-15(14)18/h4-9,16,19H,1-3H3. The Labute approximate surface area is 123 Å². The van der Waals surface area contributed by atoms with Gasteiger partial charge in [-0.15, -0.1) is 0 Å². The first-order valence-corrected chi connectivity index (χ1v) is 6.71. The Balaban J connectivity index is 2.47. The fraction of sp³-hybridized carbons (Fsp3) is 0.250. The molecule has 20 heavy (non-hydrogen) atoms. The van der Waals surface area contributed by atoms with Crippen LogP contribution in [-0.4, -0.2) is 14.2 Å². The van der Waals surface area contributed by atoms with E-state index in [1.165, 1.54) is 13.2 Å². The van der Waals surface area contributed by atoms with Crippen molar-refractivity contribution in [2.75, 3.05) is 14.2 Å². The quantitative estimate of drug-likeness (QED) is 0.916. The Kier molecular flexibility index (Phi) is 4.63. The number of rotatable bonds is 4. The van der Waals surface area contributed by atoms with Crippen LogP contribution in [0.25, 0.3) is 0 Å². The lowest BCUT2D eigenvalue weighted by Crippen LogP contribution is -2.20. The molecule has 0 aliphatic heterocycles. The summed E-state index contributed by atoms with van der Waals surface area (Å²) in [6, 6.07) is 10.3. The van der Waals surface area contributed by atoms with Crippen LogP contribution in [0.5, 0.6) is 5.75 Å². The average molecular weight is 294 g/mol. The second kappa shape index (κ2) is 6.25. The van der Waals surface area contributed by atoms with Gasteiger partial charge in [0.25, 0.3) is 0 Å². The maximum absolute atomic E-state index is 14.2. The highest BCUT2D eigenvalue weighted by atomic mass is 35.5. The highest BCUT2D eigenvalue weighted by Gasteiger charge is 2.18. The SMILES string of the molecule is CNC(c1ccc(Cl)cc1C)c1ccc(OC)cc1F. The molecule has 0 fully saturated rings. The van der Waals surface area contributed by atoms with E-state index in [1.54, 1.807) is 12.1 Å². The minimum atomic E-state index is -0.293. The molecule has 0 aliphatic carbocycles. The van der Waals surface area contributed by atoms with Crippen molar-refractivity contribution in [3.63, 3.8) is 0 Å². The Morgan fingerprint density at radius 1 is 1.15 bits per heavy atom. The maximum Gasteiger partial charge on any atom is 0.132 e. The van der Waals surface area contributed by atoms with Gasteiger partial charge in [-0.2, -0.15) is 0 Å². The Bertz CT molecular complexity index is 615. The molecule has 1 atom stereocenters. The van der Waals surface area contributed by atoms with Crippen LogP contribution in [0.15, 0.2) is 36.4 Å². The zero-order valence-corrected chi connectivity index (χ0v) is 12.5. The second-order valence-corrected chi connectivity index (χ2v) is 5.05. The molecule has 0 radical (unpaired) electrons. The van der Waals surface area contributed by atoms with Crippen LogP contribution in [0, 0.1) is 12.7 Å². The van der Waals surface area contributed by atoms with E-state index in [9.17, 15) is 4.39 Å². The fourth-order valence-electron chi connectivity index (χ4n) is 2.31. The molecule has 0 bridgehead atoms. The van der Waals surface area contributed by atoms with Crippen LogP contribution in [0.2, 0.25) is 5.02 Å². The topological polar surface area (TPSA) is 21.3 Å². The summed E-state index contributed by atoms with van der Waals surface area (Å²) >= 11 is 5.97. The van der Waals surface area contributed by atoms with Gasteiger partial charge in [0, 0.05) is 16.7 Å². The molecule has 0 amide bonds. The summed E-state index contributed by atoms with van der Waals surface area (Å²) in [5, 5.41) is 3.83. The van der Waals surface area contributed by atoms with Gasteiger partial charge in [0.15, 0.2) is 0 Å². The third-order valence-corrected chi connectivity index (χ3v) is 3.59. The van der Waals surface area contributed by atoms with Crippen LogP contribution >= 0.6 is 11.6 Å². The largest absolute Gasteiger partial charge is 0.497 e. The van der Waals surface area contributed by atoms with Crippen LogP contribution in [0.3, 0.4) is 0 Å². The summed E-state index contributed by atoms with van der Waals surface area (Å²) in [5.74, 6) is 0.215. The minimum Gasteiger partial charge on any atom is -0.497 e. The third-order valence-electron chi connectivity index (χ3n) is 3.35. The lowest BCUT2D eigenvalue weighted by atomic mass is 9.94. The predicted molar refractivity (Wildman–Crippen MR) is 80.0 cm³/mol. The van der Waals surface area contributed by atoms with Crippen LogP contribution in [0.4, 0.5) is 4.39 Å². The summed E-state index contributed by atoms with van der Waals surface area (Å²) in [6.07, 6.45) is 0. The Morgan fingerprint density at radius 2 is 1.85 bits per heavy atom. The normalized spacial score (nSPS) is 12.2. The number of benzene rings is 2. The Morgan fingerprint density at radius 3 is 2.40 bits per heavy atom. The van der Waals surface area contributed by atoms with Gasteiger partial charge in [0.2, 0.25) is 0 Å². The number of hydrogen-bond acceptors (Lipinski definition) is 2. The first kappa shape index (κ1) is 14.8. The summed E-state index contributed by atoms with van der Waals surface area (Å²) in [4.78, 5) is 0. The van der Waals surface area contributed by atoms with Gasteiger partial charge in [0.05, 0.1) is 13.2 Å². The zero-order chi connectivity index (χ0) is 14.7. The molecule has 2 aromatic rings. The minimum absolute atomic E-state index is 0.224. The molecule has 1 N–H and O–H groups in total. The smallest absolute Gasteiger partial charge is 0.132 e. The van der Waals surface area contributed by atoms with Gasteiger partial charge < -0.3 is 10.1 Å². The van der Waals surface area contributed by atoms with Crippen molar-refractivity contribution in [1.29, 1.82) is 0 Å². The molecular formula is C16H17ClFNO. The molecule has 2 rings (SSSR count). The lowest BCUT2D eigenvalue weighted by molar-refractivity contribution is 0.410. The van der Waals surface area contributed by atoms with E-state index in [4.69, 9.17) is 16.3 Å². The highest BCUT2D eigenvalue weighted by molar-refractivity contribution is 6.30. The summed E-state index contributed by atoms with van der Waals surface area (Å²) < 4.78 is 19.3. The number of nitrogens with one attached hydrogen (secondary N) is 1.